The molecule has 0 radical (unpaired) electrons. The van der Waals surface area contributed by atoms with Crippen molar-refractivity contribution >= 4 is 10.9 Å². The van der Waals surface area contributed by atoms with Crippen molar-refractivity contribution in [3.63, 3.8) is 0 Å². The van der Waals surface area contributed by atoms with E-state index in [2.05, 4.69) is 31.0 Å². The molecule has 12 heavy (non-hydrogen) atoms. The molecular formula is C11H11N. The predicted molar refractivity (Wildman–Crippen MR) is 51.2 cm³/mol. The van der Waals surface area contributed by atoms with Crippen molar-refractivity contribution in [2.24, 2.45) is 0 Å². The van der Waals surface area contributed by atoms with E-state index in [-0.39, 0.29) is 0 Å². The molecule has 1 heterocycles. The van der Waals surface area contributed by atoms with Crippen molar-refractivity contribution in [2.45, 2.75) is 13.8 Å². The molecule has 1 heteroatoms. The molecule has 0 aliphatic rings. The minimum atomic E-state index is 1.08. The van der Waals surface area contributed by atoms with E-state index in [1.807, 2.05) is 18.3 Å². The molecule has 1 nitrogen and oxygen atoms in total. The molecule has 0 aliphatic heterocycles. The fourth-order valence-corrected chi connectivity index (χ4v) is 1.38. The van der Waals surface area contributed by atoms with E-state index in [9.17, 15) is 0 Å². The standard InChI is InChI=1S/C11H11N/c1-8-7-12-11-6-4-3-5-10(11)9(8)2/h3-7H,1-2H3. The fraction of sp³-hybridized carbons (Fsp3) is 0.182. The van der Waals surface area contributed by atoms with Crippen molar-refractivity contribution in [3.8, 4) is 0 Å². The summed E-state index contributed by atoms with van der Waals surface area (Å²) in [4.78, 5) is 4.34. The second-order valence-electron chi connectivity index (χ2n) is 3.08. The summed E-state index contributed by atoms with van der Waals surface area (Å²) in [6.07, 6.45) is 1.93. The van der Waals surface area contributed by atoms with Gasteiger partial charge in [-0.25, -0.2) is 0 Å². The van der Waals surface area contributed by atoms with Gasteiger partial charge in [-0.2, -0.15) is 0 Å². The monoisotopic (exact) mass is 157 g/mol. The zero-order chi connectivity index (χ0) is 8.55. The Hall–Kier alpha value is -1.37. The second-order valence-corrected chi connectivity index (χ2v) is 3.08. The van der Waals surface area contributed by atoms with Gasteiger partial charge in [0.2, 0.25) is 0 Å². The molecule has 0 atom stereocenters. The first-order valence-corrected chi connectivity index (χ1v) is 4.10. The third-order valence-corrected chi connectivity index (χ3v) is 2.30. The van der Waals surface area contributed by atoms with Crippen LogP contribution < -0.4 is 0 Å². The highest BCUT2D eigenvalue weighted by Crippen LogP contribution is 2.17. The smallest absolute Gasteiger partial charge is 0.0704 e. The van der Waals surface area contributed by atoms with E-state index in [0.29, 0.717) is 0 Å². The molecule has 0 fully saturated rings. The van der Waals surface area contributed by atoms with Crippen LogP contribution in [0.25, 0.3) is 10.9 Å². The number of pyridine rings is 1. The van der Waals surface area contributed by atoms with Gasteiger partial charge in [0.15, 0.2) is 0 Å². The molecule has 0 amide bonds. The summed E-state index contributed by atoms with van der Waals surface area (Å²) in [6, 6.07) is 8.23. The Bertz CT molecular complexity index is 418. The van der Waals surface area contributed by atoms with Crippen molar-refractivity contribution in [2.75, 3.05) is 0 Å². The molecule has 0 spiro atoms. The predicted octanol–water partition coefficient (Wildman–Crippen LogP) is 2.85. The van der Waals surface area contributed by atoms with Gasteiger partial charge in [-0.15, -0.1) is 0 Å². The van der Waals surface area contributed by atoms with Crippen LogP contribution >= 0.6 is 0 Å². The maximum Gasteiger partial charge on any atom is 0.0704 e. The molecule has 0 saturated carbocycles. The van der Waals surface area contributed by atoms with Crippen LogP contribution in [-0.4, -0.2) is 4.98 Å². The van der Waals surface area contributed by atoms with E-state index < -0.39 is 0 Å². The third kappa shape index (κ3) is 0.981. The highest BCUT2D eigenvalue weighted by atomic mass is 14.6. The van der Waals surface area contributed by atoms with Crippen LogP contribution in [0, 0.1) is 13.8 Å². The van der Waals surface area contributed by atoms with Crippen molar-refractivity contribution in [1.82, 2.24) is 4.98 Å². The summed E-state index contributed by atoms with van der Waals surface area (Å²) in [5.41, 5.74) is 3.68. The van der Waals surface area contributed by atoms with Gasteiger partial charge in [0.25, 0.3) is 0 Å². The number of fused-ring (bicyclic) bond motifs is 1. The summed E-state index contributed by atoms with van der Waals surface area (Å²) in [5, 5.41) is 1.26. The zero-order valence-electron chi connectivity index (χ0n) is 7.33. The normalized spacial score (nSPS) is 10.5. The molecule has 2 aromatic rings. The van der Waals surface area contributed by atoms with Crippen LogP contribution in [0.2, 0.25) is 0 Å². The summed E-state index contributed by atoms with van der Waals surface area (Å²) < 4.78 is 0. The summed E-state index contributed by atoms with van der Waals surface area (Å²) >= 11 is 0. The molecule has 1 aromatic heterocycles. The van der Waals surface area contributed by atoms with Crippen LogP contribution in [0.1, 0.15) is 11.1 Å². The maximum absolute atomic E-state index is 4.34. The lowest BCUT2D eigenvalue weighted by atomic mass is 10.1. The Labute approximate surface area is 72.1 Å². The van der Waals surface area contributed by atoms with Crippen LogP contribution in [0.4, 0.5) is 0 Å². The Morgan fingerprint density at radius 1 is 1.08 bits per heavy atom. The topological polar surface area (TPSA) is 12.9 Å². The molecule has 0 saturated heterocycles. The first-order valence-electron chi connectivity index (χ1n) is 4.10. The third-order valence-electron chi connectivity index (χ3n) is 2.30. The minimum absolute atomic E-state index is 1.08. The SMILES string of the molecule is Cc1cnc2ccccc2c1C. The maximum atomic E-state index is 4.34. The van der Waals surface area contributed by atoms with Gasteiger partial charge in [-0.05, 0) is 31.0 Å². The zero-order valence-corrected chi connectivity index (χ0v) is 7.33. The lowest BCUT2D eigenvalue weighted by Crippen LogP contribution is -1.86. The first-order chi connectivity index (χ1) is 5.79. The van der Waals surface area contributed by atoms with E-state index in [1.54, 1.807) is 0 Å². The van der Waals surface area contributed by atoms with Crippen LogP contribution in [0.15, 0.2) is 30.5 Å². The average Bonchev–Trinajstić information content (AvgIpc) is 2.12. The van der Waals surface area contributed by atoms with Crippen LogP contribution in [0.5, 0.6) is 0 Å². The van der Waals surface area contributed by atoms with E-state index >= 15 is 0 Å². The molecule has 0 unspecified atom stereocenters. The lowest BCUT2D eigenvalue weighted by molar-refractivity contribution is 1.28. The van der Waals surface area contributed by atoms with Gasteiger partial charge in [-0.1, -0.05) is 18.2 Å². The minimum Gasteiger partial charge on any atom is -0.256 e. The van der Waals surface area contributed by atoms with Crippen molar-refractivity contribution in [3.05, 3.63) is 41.6 Å². The van der Waals surface area contributed by atoms with Gasteiger partial charge in [0.05, 0.1) is 5.52 Å². The van der Waals surface area contributed by atoms with E-state index in [1.165, 1.54) is 16.5 Å². The van der Waals surface area contributed by atoms with Crippen LogP contribution in [-0.2, 0) is 0 Å². The Balaban J connectivity index is 2.91. The number of hydrogen-bond acceptors (Lipinski definition) is 1. The fourth-order valence-electron chi connectivity index (χ4n) is 1.38. The van der Waals surface area contributed by atoms with Crippen molar-refractivity contribution < 1.29 is 0 Å². The highest BCUT2D eigenvalue weighted by molar-refractivity contribution is 5.82. The van der Waals surface area contributed by atoms with Crippen LogP contribution in [0.3, 0.4) is 0 Å². The molecular weight excluding hydrogens is 146 g/mol. The molecule has 0 bridgehead atoms. The Kier molecular flexibility index (Phi) is 1.58. The summed E-state index contributed by atoms with van der Waals surface area (Å²) in [5.74, 6) is 0. The number of aryl methyl sites for hydroxylation is 2. The second kappa shape index (κ2) is 2.59. The largest absolute Gasteiger partial charge is 0.256 e. The molecule has 2 rings (SSSR count). The summed E-state index contributed by atoms with van der Waals surface area (Å²) in [7, 11) is 0. The molecule has 0 aliphatic carbocycles. The number of hydrogen-bond donors (Lipinski definition) is 0. The molecule has 1 aromatic carbocycles. The van der Waals surface area contributed by atoms with Gasteiger partial charge in [-0.3, -0.25) is 4.98 Å². The average molecular weight is 157 g/mol. The number of nitrogens with zero attached hydrogens (tertiary/aromatic N) is 1. The number of para-hydroxylation sites is 1. The first kappa shape index (κ1) is 7.29. The quantitative estimate of drug-likeness (QED) is 0.573. The van der Waals surface area contributed by atoms with Gasteiger partial charge < -0.3 is 0 Å². The Morgan fingerprint density at radius 2 is 1.83 bits per heavy atom. The number of aromatic nitrogens is 1. The Morgan fingerprint density at radius 3 is 2.67 bits per heavy atom. The number of benzene rings is 1. The number of rotatable bonds is 0. The summed E-state index contributed by atoms with van der Waals surface area (Å²) in [6.45, 7) is 4.23. The molecule has 0 N–H and O–H groups in total. The van der Waals surface area contributed by atoms with Crippen molar-refractivity contribution in [1.29, 1.82) is 0 Å². The van der Waals surface area contributed by atoms with E-state index in [0.717, 1.165) is 5.52 Å². The molecule has 60 valence electrons. The van der Waals surface area contributed by atoms with E-state index in [4.69, 9.17) is 0 Å². The van der Waals surface area contributed by atoms with Gasteiger partial charge >= 0.3 is 0 Å². The lowest BCUT2D eigenvalue weighted by Gasteiger charge is -2.03. The highest BCUT2D eigenvalue weighted by Gasteiger charge is 1.98. The van der Waals surface area contributed by atoms with Gasteiger partial charge in [0.1, 0.15) is 0 Å². The van der Waals surface area contributed by atoms with Gasteiger partial charge in [0, 0.05) is 11.6 Å².